The van der Waals surface area contributed by atoms with Gasteiger partial charge in [-0.15, -0.1) is 12.8 Å². The first-order valence-electron chi connectivity index (χ1n) is 10.7. The van der Waals surface area contributed by atoms with E-state index in [-0.39, 0.29) is 11.4 Å². The number of carbonyl (C=O) groups is 1. The molecule has 10 heteroatoms. The van der Waals surface area contributed by atoms with E-state index in [0.717, 1.165) is 10.1 Å². The molecule has 1 rings (SSSR count). The minimum Gasteiger partial charge on any atom is -0.386 e. The molecule has 202 valence electrons. The summed E-state index contributed by atoms with van der Waals surface area (Å²) in [4.78, 5) is 12.9. The number of terminal acetylenes is 1. The number of sulfonamides is 1. The molecule has 0 saturated heterocycles. The molecule has 0 bridgehead atoms. The second kappa shape index (κ2) is 20.8. The van der Waals surface area contributed by atoms with E-state index in [1.807, 2.05) is 45.8 Å². The van der Waals surface area contributed by atoms with Crippen LogP contribution in [0.4, 0.5) is 4.39 Å². The standard InChI is InChI=1S/C12H15ClN2O3S.C5H12N2.C4H9F.C2H6.C2H2/c1-9(2)7-15(8-12(14)16)19(17,18)11-5-3-10(13)4-6-11;1-4-5(6)7(2)3;1-4(2,3)5;2*1-2/h3-6H,1,7-8H2,2H3,(H2,14,16);4H,6H2,1-3H3;1-3H3;1-2H3;1-2H/b;5-4+;;;. The highest BCUT2D eigenvalue weighted by Crippen LogP contribution is 2.19. The second-order valence-corrected chi connectivity index (χ2v) is 10.2. The quantitative estimate of drug-likeness (QED) is 0.386. The zero-order valence-electron chi connectivity index (χ0n) is 22.6. The van der Waals surface area contributed by atoms with Gasteiger partial charge in [0, 0.05) is 25.7 Å². The van der Waals surface area contributed by atoms with E-state index >= 15 is 0 Å². The Morgan fingerprint density at radius 1 is 1.11 bits per heavy atom. The number of halogens is 2. The van der Waals surface area contributed by atoms with Gasteiger partial charge in [0.2, 0.25) is 15.9 Å². The molecule has 0 aliphatic heterocycles. The first-order valence-corrected chi connectivity index (χ1v) is 12.5. The zero-order chi connectivity index (χ0) is 29.0. The maximum Gasteiger partial charge on any atom is 0.243 e. The molecule has 0 radical (unpaired) electrons. The molecule has 0 aromatic heterocycles. The summed E-state index contributed by atoms with van der Waals surface area (Å²) >= 11 is 5.71. The van der Waals surface area contributed by atoms with E-state index in [1.54, 1.807) is 6.92 Å². The van der Waals surface area contributed by atoms with Crippen LogP contribution in [0, 0.1) is 12.8 Å². The molecule has 0 heterocycles. The van der Waals surface area contributed by atoms with Crippen molar-refractivity contribution in [1.29, 1.82) is 0 Å². The third-order valence-electron chi connectivity index (χ3n) is 3.04. The summed E-state index contributed by atoms with van der Waals surface area (Å²) in [5, 5.41) is 0.431. The predicted octanol–water partition coefficient (Wildman–Crippen LogP) is 4.79. The number of amides is 1. The van der Waals surface area contributed by atoms with Crippen molar-refractivity contribution >= 4 is 27.5 Å². The van der Waals surface area contributed by atoms with Crippen LogP contribution in [0.5, 0.6) is 0 Å². The lowest BCUT2D eigenvalue weighted by molar-refractivity contribution is -0.118. The number of hydrogen-bond acceptors (Lipinski definition) is 5. The Hall–Kier alpha value is -2.54. The average molecular weight is 535 g/mol. The molecule has 0 saturated carbocycles. The maximum atomic E-state index is 12.3. The summed E-state index contributed by atoms with van der Waals surface area (Å²) in [6.07, 6.45) is 9.86. The fourth-order valence-corrected chi connectivity index (χ4v) is 3.31. The van der Waals surface area contributed by atoms with Gasteiger partial charge in [-0.2, -0.15) is 4.31 Å². The summed E-state index contributed by atoms with van der Waals surface area (Å²) < 4.78 is 37.4. The highest BCUT2D eigenvalue weighted by Gasteiger charge is 2.25. The number of hydrogen-bond donors (Lipinski definition) is 2. The number of allylic oxidation sites excluding steroid dienone is 1. The van der Waals surface area contributed by atoms with Crippen LogP contribution in [-0.2, 0) is 14.8 Å². The van der Waals surface area contributed by atoms with Crippen molar-refractivity contribution in [2.24, 2.45) is 11.5 Å². The number of alkyl halides is 1. The van der Waals surface area contributed by atoms with E-state index in [1.165, 1.54) is 45.0 Å². The van der Waals surface area contributed by atoms with E-state index in [9.17, 15) is 17.6 Å². The van der Waals surface area contributed by atoms with Crippen molar-refractivity contribution in [2.75, 3.05) is 27.2 Å². The van der Waals surface area contributed by atoms with Gasteiger partial charge in [0.25, 0.3) is 0 Å². The van der Waals surface area contributed by atoms with Crippen molar-refractivity contribution in [3.8, 4) is 12.8 Å². The average Bonchev–Trinajstić information content (AvgIpc) is 2.74. The molecular weight excluding hydrogens is 491 g/mol. The van der Waals surface area contributed by atoms with E-state index in [0.29, 0.717) is 10.6 Å². The molecule has 1 aromatic rings. The van der Waals surface area contributed by atoms with E-state index in [2.05, 4.69) is 19.4 Å². The third-order valence-corrected chi connectivity index (χ3v) is 5.10. The summed E-state index contributed by atoms with van der Waals surface area (Å²) in [6, 6.07) is 5.70. The highest BCUT2D eigenvalue weighted by atomic mass is 35.5. The normalized spacial score (nSPS) is 10.5. The maximum absolute atomic E-state index is 12.3. The van der Waals surface area contributed by atoms with Crippen LogP contribution in [0.25, 0.3) is 0 Å². The smallest absolute Gasteiger partial charge is 0.243 e. The van der Waals surface area contributed by atoms with Gasteiger partial charge in [-0.1, -0.05) is 37.6 Å². The van der Waals surface area contributed by atoms with Crippen molar-refractivity contribution in [1.82, 2.24) is 9.21 Å². The number of primary amides is 1. The minimum atomic E-state index is -3.79. The molecule has 7 nitrogen and oxygen atoms in total. The summed E-state index contributed by atoms with van der Waals surface area (Å²) in [6.45, 7) is 15.4. The minimum absolute atomic E-state index is 0.0356. The Morgan fingerprint density at radius 3 is 1.71 bits per heavy atom. The van der Waals surface area contributed by atoms with Gasteiger partial charge in [-0.05, 0) is 65.0 Å². The van der Waals surface area contributed by atoms with Crippen LogP contribution in [0.2, 0.25) is 5.02 Å². The molecule has 0 spiro atoms. The number of rotatable bonds is 7. The van der Waals surface area contributed by atoms with Gasteiger partial charge in [-0.3, -0.25) is 4.79 Å². The van der Waals surface area contributed by atoms with Crippen molar-refractivity contribution in [3.05, 3.63) is 53.3 Å². The Bertz CT molecular complexity index is 854. The summed E-state index contributed by atoms with van der Waals surface area (Å²) in [5.74, 6) is 0.0822. The monoisotopic (exact) mass is 534 g/mol. The van der Waals surface area contributed by atoms with Crippen LogP contribution in [-0.4, -0.2) is 56.4 Å². The van der Waals surface area contributed by atoms with Crippen LogP contribution < -0.4 is 11.5 Å². The summed E-state index contributed by atoms with van der Waals surface area (Å²) in [7, 11) is 0.0291. The Balaban J connectivity index is -0.000000247. The Kier molecular flexibility index (Phi) is 23.6. The molecule has 1 aromatic carbocycles. The first kappa shape index (κ1) is 39.7. The molecule has 0 aliphatic rings. The summed E-state index contributed by atoms with van der Waals surface area (Å²) in [5.41, 5.74) is 10.1. The lowest BCUT2D eigenvalue weighted by Crippen LogP contribution is -2.39. The molecule has 0 atom stereocenters. The van der Waals surface area contributed by atoms with Gasteiger partial charge in [0.1, 0.15) is 5.67 Å². The number of benzene rings is 1. The van der Waals surface area contributed by atoms with Crippen molar-refractivity contribution < 1.29 is 17.6 Å². The first-order chi connectivity index (χ1) is 15.9. The number of nitrogens with zero attached hydrogens (tertiary/aromatic N) is 2. The number of carbonyl (C=O) groups excluding carboxylic acids is 1. The highest BCUT2D eigenvalue weighted by molar-refractivity contribution is 7.89. The third kappa shape index (κ3) is 24.4. The Morgan fingerprint density at radius 2 is 1.49 bits per heavy atom. The Labute approximate surface area is 218 Å². The lowest BCUT2D eigenvalue weighted by Gasteiger charge is -2.20. The predicted molar refractivity (Wildman–Crippen MR) is 148 cm³/mol. The molecule has 0 fully saturated rings. The fourth-order valence-electron chi connectivity index (χ4n) is 1.71. The zero-order valence-corrected chi connectivity index (χ0v) is 24.2. The van der Waals surface area contributed by atoms with Crippen LogP contribution >= 0.6 is 11.6 Å². The fraction of sp³-hybridized carbons (Fsp3) is 0.480. The molecular formula is C25H44ClFN4O3S. The largest absolute Gasteiger partial charge is 0.386 e. The second-order valence-electron chi connectivity index (χ2n) is 7.83. The SMILES string of the molecule is C#C.C/C=C(\N)N(C)C.C=C(C)CN(CC(N)=O)S(=O)(=O)c1ccc(Cl)cc1.CC.CC(C)(C)F. The van der Waals surface area contributed by atoms with Gasteiger partial charge < -0.3 is 16.4 Å². The molecule has 0 aliphatic carbocycles. The molecule has 35 heavy (non-hydrogen) atoms. The van der Waals surface area contributed by atoms with Gasteiger partial charge >= 0.3 is 0 Å². The van der Waals surface area contributed by atoms with E-state index < -0.39 is 28.1 Å². The van der Waals surface area contributed by atoms with Crippen LogP contribution in [0.3, 0.4) is 0 Å². The molecule has 4 N–H and O–H groups in total. The molecule has 0 unspecified atom stereocenters. The van der Waals surface area contributed by atoms with Crippen molar-refractivity contribution in [3.63, 3.8) is 0 Å². The number of nitrogens with two attached hydrogens (primary N) is 2. The van der Waals surface area contributed by atoms with Crippen LogP contribution in [0.1, 0.15) is 48.5 Å². The van der Waals surface area contributed by atoms with Crippen LogP contribution in [0.15, 0.2) is 53.2 Å². The van der Waals surface area contributed by atoms with Crippen molar-refractivity contribution in [2.45, 2.75) is 59.0 Å². The topological polar surface area (TPSA) is 110 Å². The molecule has 1 amide bonds. The van der Waals surface area contributed by atoms with Gasteiger partial charge in [0.15, 0.2) is 0 Å². The van der Waals surface area contributed by atoms with E-state index in [4.69, 9.17) is 23.1 Å². The van der Waals surface area contributed by atoms with Gasteiger partial charge in [-0.25, -0.2) is 12.8 Å². The lowest BCUT2D eigenvalue weighted by atomic mass is 10.2. The van der Waals surface area contributed by atoms with Gasteiger partial charge in [0.05, 0.1) is 17.3 Å².